The first-order valence-corrected chi connectivity index (χ1v) is 12.4. The number of hydrogen-bond acceptors (Lipinski definition) is 8. The molecule has 2 heterocycles. The van der Waals surface area contributed by atoms with Gasteiger partial charge in [0, 0.05) is 24.4 Å². The second-order valence-corrected chi connectivity index (χ2v) is 9.75. The maximum atomic E-state index is 13.4. The van der Waals surface area contributed by atoms with Gasteiger partial charge in [-0.1, -0.05) is 48.5 Å². The van der Waals surface area contributed by atoms with Gasteiger partial charge in [0.25, 0.3) is 11.9 Å². The van der Waals surface area contributed by atoms with Crippen molar-refractivity contribution in [1.29, 1.82) is 10.8 Å². The van der Waals surface area contributed by atoms with Crippen LogP contribution >= 0.6 is 0 Å². The molecule has 0 aliphatic carbocycles. The molecule has 0 saturated carbocycles. The summed E-state index contributed by atoms with van der Waals surface area (Å²) in [6, 6.07) is 16.3. The molecule has 1 aromatic heterocycles. The minimum Gasteiger partial charge on any atom is -0.405 e. The van der Waals surface area contributed by atoms with E-state index in [1.165, 1.54) is 7.11 Å². The highest BCUT2D eigenvalue weighted by molar-refractivity contribution is 6.19. The van der Waals surface area contributed by atoms with E-state index in [2.05, 4.69) is 25.9 Å². The van der Waals surface area contributed by atoms with Crippen molar-refractivity contribution in [2.75, 3.05) is 24.4 Å². The number of anilines is 2. The van der Waals surface area contributed by atoms with Gasteiger partial charge in [0.15, 0.2) is 0 Å². The summed E-state index contributed by atoms with van der Waals surface area (Å²) in [5.41, 5.74) is 0.107. The number of nitrogens with zero attached hydrogens (tertiary/aromatic N) is 2. The van der Waals surface area contributed by atoms with E-state index in [4.69, 9.17) is 20.3 Å². The number of para-hydroxylation sites is 1. The summed E-state index contributed by atoms with van der Waals surface area (Å²) in [6.07, 6.45) is -5.42. The zero-order valence-corrected chi connectivity index (χ0v) is 22.4. The maximum absolute atomic E-state index is 13.4. The van der Waals surface area contributed by atoms with Gasteiger partial charge in [-0.05, 0) is 26.0 Å². The molecule has 214 valence electrons. The number of aromatic nitrogens is 1. The molecule has 0 radical (unpaired) electrons. The zero-order chi connectivity index (χ0) is 29.8. The highest BCUT2D eigenvalue weighted by atomic mass is 19.4. The SMILES string of the molecule is COCC(C)(C)Nc1cc(C(F)(F)F)cnc1C(=N)OC(=N)N[C@H]1N=C(c2ccccc2)c2ccccc2NC1=O. The molecule has 1 aliphatic rings. The number of nitrogens with one attached hydrogen (secondary N) is 5. The molecule has 3 aromatic rings. The first kappa shape index (κ1) is 29.2. The topological polar surface area (TPSA) is 145 Å². The molecule has 0 saturated heterocycles. The molecule has 4 rings (SSSR count). The Kier molecular flexibility index (Phi) is 8.38. The van der Waals surface area contributed by atoms with E-state index in [1.807, 2.05) is 30.3 Å². The third-order valence-corrected chi connectivity index (χ3v) is 5.87. The average molecular weight is 568 g/mol. The van der Waals surface area contributed by atoms with Crippen LogP contribution in [0.5, 0.6) is 0 Å². The first-order chi connectivity index (χ1) is 19.4. The number of ether oxygens (including phenoxy) is 2. The monoisotopic (exact) mass is 567 g/mol. The Balaban J connectivity index is 1.59. The lowest BCUT2D eigenvalue weighted by Gasteiger charge is -2.28. The van der Waals surface area contributed by atoms with Gasteiger partial charge in [0.05, 0.1) is 34.8 Å². The fraction of sp³-hybridized carbons (Fsp3) is 0.250. The van der Waals surface area contributed by atoms with Crippen molar-refractivity contribution in [2.45, 2.75) is 31.7 Å². The van der Waals surface area contributed by atoms with Crippen LogP contribution in [0.3, 0.4) is 0 Å². The van der Waals surface area contributed by atoms with Gasteiger partial charge in [-0.15, -0.1) is 0 Å². The Labute approximate surface area is 234 Å². The first-order valence-electron chi connectivity index (χ1n) is 12.4. The highest BCUT2D eigenvalue weighted by Crippen LogP contribution is 2.32. The number of benzene rings is 2. The number of halogens is 3. The summed E-state index contributed by atoms with van der Waals surface area (Å²) in [5, 5.41) is 24.9. The van der Waals surface area contributed by atoms with Crippen LogP contribution in [0.25, 0.3) is 0 Å². The standard InChI is InChI=1S/C28H28F3N7O3/c1-27(2,15-40-3)38-20-13-17(28(29,30)31)14-34-22(20)23(32)41-26(33)37-24-25(39)35-19-12-8-7-11-18(19)21(36-24)16-9-5-4-6-10-16/h4-14,24,32,38H,15H2,1-3H3,(H2,33,37)(H,35,39)/t24-/m1/s1. The number of carbonyl (C=O) groups excluding carboxylic acids is 1. The smallest absolute Gasteiger partial charge is 0.405 e. The molecule has 0 bridgehead atoms. The molecule has 1 aliphatic heterocycles. The van der Waals surface area contributed by atoms with Crippen molar-refractivity contribution in [3.63, 3.8) is 0 Å². The Morgan fingerprint density at radius 3 is 2.44 bits per heavy atom. The number of aliphatic imine (C=N–C) groups is 1. The summed E-state index contributed by atoms with van der Waals surface area (Å²) in [6.45, 7) is 3.52. The summed E-state index contributed by atoms with van der Waals surface area (Å²) < 4.78 is 50.6. The van der Waals surface area contributed by atoms with Crippen LogP contribution in [-0.2, 0) is 20.4 Å². The van der Waals surface area contributed by atoms with E-state index in [1.54, 1.807) is 38.1 Å². The molecule has 2 aromatic carbocycles. The third kappa shape index (κ3) is 7.06. The van der Waals surface area contributed by atoms with E-state index >= 15 is 0 Å². The number of amidine groups is 1. The number of carbonyl (C=O) groups is 1. The zero-order valence-electron chi connectivity index (χ0n) is 22.4. The Hall–Kier alpha value is -4.78. The Morgan fingerprint density at radius 1 is 1.07 bits per heavy atom. The lowest BCUT2D eigenvalue weighted by molar-refractivity contribution is -0.137. The van der Waals surface area contributed by atoms with Crippen molar-refractivity contribution < 1.29 is 27.4 Å². The molecule has 0 fully saturated rings. The van der Waals surface area contributed by atoms with Crippen LogP contribution in [0.1, 0.15) is 36.2 Å². The fourth-order valence-electron chi connectivity index (χ4n) is 4.14. The molecule has 0 spiro atoms. The quantitative estimate of drug-likeness (QED) is 0.208. The molecule has 13 heteroatoms. The number of pyridine rings is 1. The molecular weight excluding hydrogens is 539 g/mol. The Morgan fingerprint density at radius 2 is 1.76 bits per heavy atom. The van der Waals surface area contributed by atoms with Crippen LogP contribution in [-0.4, -0.2) is 53.9 Å². The minimum absolute atomic E-state index is 0.134. The number of alkyl halides is 3. The normalized spacial score (nSPS) is 15.1. The van der Waals surface area contributed by atoms with Crippen LogP contribution in [0.4, 0.5) is 24.5 Å². The van der Waals surface area contributed by atoms with Gasteiger partial charge in [0.2, 0.25) is 12.1 Å². The van der Waals surface area contributed by atoms with Crippen molar-refractivity contribution in [1.82, 2.24) is 10.3 Å². The molecule has 10 nitrogen and oxygen atoms in total. The van der Waals surface area contributed by atoms with Gasteiger partial charge in [-0.2, -0.15) is 13.2 Å². The van der Waals surface area contributed by atoms with Gasteiger partial charge >= 0.3 is 6.18 Å². The fourth-order valence-corrected chi connectivity index (χ4v) is 4.14. The van der Waals surface area contributed by atoms with E-state index < -0.39 is 41.3 Å². The molecule has 0 unspecified atom stereocenters. The lowest BCUT2D eigenvalue weighted by atomic mass is 10.0. The minimum atomic E-state index is -4.68. The van der Waals surface area contributed by atoms with Crippen molar-refractivity contribution >= 4 is 34.9 Å². The number of rotatable bonds is 7. The average Bonchev–Trinajstić information content (AvgIpc) is 3.04. The molecule has 41 heavy (non-hydrogen) atoms. The lowest BCUT2D eigenvalue weighted by Crippen LogP contribution is -2.43. The Bertz CT molecular complexity index is 1490. The predicted octanol–water partition coefficient (Wildman–Crippen LogP) is 4.62. The van der Waals surface area contributed by atoms with E-state index in [0.717, 1.165) is 11.6 Å². The molecule has 1 atom stereocenters. The second kappa shape index (κ2) is 11.8. The van der Waals surface area contributed by atoms with Crippen LogP contribution < -0.4 is 16.0 Å². The van der Waals surface area contributed by atoms with Gasteiger partial charge in [-0.25, -0.2) is 9.98 Å². The van der Waals surface area contributed by atoms with Gasteiger partial charge in [-0.3, -0.25) is 15.6 Å². The van der Waals surface area contributed by atoms with Gasteiger partial charge < -0.3 is 25.4 Å². The summed E-state index contributed by atoms with van der Waals surface area (Å²) >= 11 is 0. The number of fused-ring (bicyclic) bond motifs is 1. The summed E-state index contributed by atoms with van der Waals surface area (Å²) in [5.74, 6) is -1.31. The number of methoxy groups -OCH3 is 1. The van der Waals surface area contributed by atoms with E-state index in [0.29, 0.717) is 23.2 Å². The third-order valence-electron chi connectivity index (χ3n) is 5.87. The second-order valence-electron chi connectivity index (χ2n) is 9.75. The highest BCUT2D eigenvalue weighted by Gasteiger charge is 2.33. The van der Waals surface area contributed by atoms with Crippen molar-refractivity contribution in [3.8, 4) is 0 Å². The predicted molar refractivity (Wildman–Crippen MR) is 149 cm³/mol. The van der Waals surface area contributed by atoms with E-state index in [9.17, 15) is 18.0 Å². The number of hydrogen-bond donors (Lipinski definition) is 5. The number of benzodiazepines with no additional fused rings is 1. The maximum Gasteiger partial charge on any atom is 0.417 e. The van der Waals surface area contributed by atoms with Crippen LogP contribution in [0, 0.1) is 10.8 Å². The number of amides is 1. The van der Waals surface area contributed by atoms with Gasteiger partial charge in [0.1, 0.15) is 5.69 Å². The van der Waals surface area contributed by atoms with Crippen molar-refractivity contribution in [3.05, 3.63) is 89.2 Å². The molecule has 5 N–H and O–H groups in total. The summed E-state index contributed by atoms with van der Waals surface area (Å²) in [4.78, 5) is 21.4. The molecular formula is C28H28F3N7O3. The van der Waals surface area contributed by atoms with E-state index in [-0.39, 0.29) is 18.0 Å². The van der Waals surface area contributed by atoms with Crippen LogP contribution in [0.15, 0.2) is 71.9 Å². The summed E-state index contributed by atoms with van der Waals surface area (Å²) in [7, 11) is 1.45. The van der Waals surface area contributed by atoms with Crippen LogP contribution in [0.2, 0.25) is 0 Å². The molecule has 1 amide bonds. The van der Waals surface area contributed by atoms with Crippen molar-refractivity contribution in [2.24, 2.45) is 4.99 Å². The largest absolute Gasteiger partial charge is 0.417 e.